The zero-order valence-electron chi connectivity index (χ0n) is 14.8. The second-order valence-electron chi connectivity index (χ2n) is 6.27. The largest absolute Gasteiger partial charge is 0.388 e. The number of hydrogen-bond donors (Lipinski definition) is 2. The molecule has 25 heavy (non-hydrogen) atoms. The maximum Gasteiger partial charge on any atom is 0.185 e. The molecular weight excluding hydrogens is 308 g/mol. The van der Waals surface area contributed by atoms with E-state index in [2.05, 4.69) is 22.8 Å². The Labute approximate surface area is 149 Å². The molecule has 0 unspecified atom stereocenters. The number of benzene rings is 2. The van der Waals surface area contributed by atoms with Crippen molar-refractivity contribution in [3.05, 3.63) is 70.8 Å². The van der Waals surface area contributed by atoms with Gasteiger partial charge in [-0.15, -0.1) is 0 Å². The van der Waals surface area contributed by atoms with Gasteiger partial charge in [-0.3, -0.25) is 4.79 Å². The van der Waals surface area contributed by atoms with Crippen LogP contribution in [0.3, 0.4) is 0 Å². The summed E-state index contributed by atoms with van der Waals surface area (Å²) in [6.45, 7) is 0. The van der Waals surface area contributed by atoms with Crippen molar-refractivity contribution in [3.8, 4) is 0 Å². The molecule has 0 heterocycles. The van der Waals surface area contributed by atoms with Crippen molar-refractivity contribution in [2.24, 2.45) is 0 Å². The Morgan fingerprint density at radius 1 is 0.800 bits per heavy atom. The highest BCUT2D eigenvalue weighted by Crippen LogP contribution is 2.28. The molecule has 3 nitrogen and oxygen atoms in total. The molecule has 0 bridgehead atoms. The number of carbonyl (C=O) groups excluding carboxylic acids is 1. The summed E-state index contributed by atoms with van der Waals surface area (Å²) in [5.74, 6) is 0.177. The molecule has 1 saturated carbocycles. The molecule has 1 fully saturated rings. The second kappa shape index (κ2) is 7.84. The molecule has 0 saturated heterocycles. The first kappa shape index (κ1) is 17.0. The van der Waals surface area contributed by atoms with Gasteiger partial charge in [0.2, 0.25) is 0 Å². The van der Waals surface area contributed by atoms with Gasteiger partial charge in [-0.05, 0) is 66.8 Å². The van der Waals surface area contributed by atoms with Crippen LogP contribution in [0.4, 0.5) is 11.4 Å². The highest BCUT2D eigenvalue weighted by molar-refractivity contribution is 6.14. The van der Waals surface area contributed by atoms with Crippen LogP contribution in [0.2, 0.25) is 0 Å². The fourth-order valence-corrected chi connectivity index (χ4v) is 3.15. The standard InChI is InChI=1S/C22H24N2O/c1-23-20-10-3-6-16(14-20)12-18-8-5-9-19(22(18)25)13-17-7-4-11-21(15-17)24-2/h3-4,6-7,10-15,23-24H,5,8-9H2,1-2H3. The number of nitrogens with one attached hydrogen (secondary N) is 2. The predicted octanol–water partition coefficient (Wildman–Crippen LogP) is 4.99. The maximum atomic E-state index is 12.9. The van der Waals surface area contributed by atoms with Crippen LogP contribution in [0.15, 0.2) is 59.7 Å². The van der Waals surface area contributed by atoms with E-state index in [0.29, 0.717) is 0 Å². The van der Waals surface area contributed by atoms with Gasteiger partial charge in [-0.2, -0.15) is 0 Å². The number of ketones is 1. The van der Waals surface area contributed by atoms with E-state index in [-0.39, 0.29) is 5.78 Å². The number of anilines is 2. The van der Waals surface area contributed by atoms with E-state index in [1.807, 2.05) is 62.6 Å². The quantitative estimate of drug-likeness (QED) is 0.775. The van der Waals surface area contributed by atoms with Crippen molar-refractivity contribution in [2.75, 3.05) is 24.7 Å². The minimum absolute atomic E-state index is 0.177. The normalized spacial score (nSPS) is 17.8. The van der Waals surface area contributed by atoms with Gasteiger partial charge in [0, 0.05) is 36.6 Å². The molecule has 2 aromatic rings. The molecule has 2 aromatic carbocycles. The molecule has 0 amide bonds. The van der Waals surface area contributed by atoms with Crippen molar-refractivity contribution in [1.82, 2.24) is 0 Å². The first-order chi connectivity index (χ1) is 12.2. The summed E-state index contributed by atoms with van der Waals surface area (Å²) in [5, 5.41) is 6.27. The fourth-order valence-electron chi connectivity index (χ4n) is 3.15. The lowest BCUT2D eigenvalue weighted by atomic mass is 9.87. The number of hydrogen-bond acceptors (Lipinski definition) is 3. The highest BCUT2D eigenvalue weighted by atomic mass is 16.1. The van der Waals surface area contributed by atoms with Gasteiger partial charge >= 0.3 is 0 Å². The highest BCUT2D eigenvalue weighted by Gasteiger charge is 2.20. The van der Waals surface area contributed by atoms with E-state index in [9.17, 15) is 4.79 Å². The van der Waals surface area contributed by atoms with Gasteiger partial charge in [0.25, 0.3) is 0 Å². The average molecular weight is 332 g/mol. The molecule has 0 atom stereocenters. The van der Waals surface area contributed by atoms with Crippen LogP contribution in [0.25, 0.3) is 12.2 Å². The minimum Gasteiger partial charge on any atom is -0.388 e. The minimum atomic E-state index is 0.177. The molecule has 0 aliphatic heterocycles. The SMILES string of the molecule is CNc1cccc(C=C2CCCC(=Cc3cccc(NC)c3)C2=O)c1. The fraction of sp³-hybridized carbons (Fsp3) is 0.227. The van der Waals surface area contributed by atoms with Gasteiger partial charge in [0.1, 0.15) is 0 Å². The van der Waals surface area contributed by atoms with Crippen LogP contribution in [0.1, 0.15) is 30.4 Å². The van der Waals surface area contributed by atoms with Crippen LogP contribution in [-0.4, -0.2) is 19.9 Å². The van der Waals surface area contributed by atoms with Crippen LogP contribution >= 0.6 is 0 Å². The molecular formula is C22H24N2O. The van der Waals surface area contributed by atoms with E-state index in [0.717, 1.165) is 52.9 Å². The maximum absolute atomic E-state index is 12.9. The molecule has 3 rings (SSSR count). The number of allylic oxidation sites excluding steroid dienone is 2. The van der Waals surface area contributed by atoms with Gasteiger partial charge in [-0.1, -0.05) is 24.3 Å². The smallest absolute Gasteiger partial charge is 0.185 e. The topological polar surface area (TPSA) is 41.1 Å². The van der Waals surface area contributed by atoms with Gasteiger partial charge in [0.15, 0.2) is 5.78 Å². The second-order valence-corrected chi connectivity index (χ2v) is 6.27. The van der Waals surface area contributed by atoms with Crippen molar-refractivity contribution >= 4 is 29.3 Å². The third-order valence-corrected chi connectivity index (χ3v) is 4.51. The summed E-state index contributed by atoms with van der Waals surface area (Å²) in [6, 6.07) is 16.3. The average Bonchev–Trinajstić information content (AvgIpc) is 2.65. The van der Waals surface area contributed by atoms with Crippen molar-refractivity contribution in [1.29, 1.82) is 0 Å². The number of Topliss-reactive ketones (excluding diaryl/α,β-unsaturated/α-hetero) is 1. The molecule has 0 aromatic heterocycles. The van der Waals surface area contributed by atoms with Crippen LogP contribution < -0.4 is 10.6 Å². The first-order valence-corrected chi connectivity index (χ1v) is 8.71. The zero-order chi connectivity index (χ0) is 17.6. The van der Waals surface area contributed by atoms with Gasteiger partial charge < -0.3 is 10.6 Å². The summed E-state index contributed by atoms with van der Waals surface area (Å²) < 4.78 is 0. The lowest BCUT2D eigenvalue weighted by Crippen LogP contribution is -2.12. The van der Waals surface area contributed by atoms with Gasteiger partial charge in [0.05, 0.1) is 0 Å². The van der Waals surface area contributed by atoms with Gasteiger partial charge in [-0.25, -0.2) is 0 Å². The van der Waals surface area contributed by atoms with E-state index >= 15 is 0 Å². The summed E-state index contributed by atoms with van der Waals surface area (Å²) in [7, 11) is 3.80. The van der Waals surface area contributed by atoms with E-state index in [1.165, 1.54) is 0 Å². The lowest BCUT2D eigenvalue weighted by Gasteiger charge is -2.17. The number of rotatable bonds is 4. The molecule has 3 heteroatoms. The number of carbonyl (C=O) groups is 1. The Balaban J connectivity index is 1.87. The Bertz CT molecular complexity index is 766. The lowest BCUT2D eigenvalue weighted by molar-refractivity contribution is -0.112. The molecule has 0 spiro atoms. The Hall–Kier alpha value is -2.81. The third kappa shape index (κ3) is 4.18. The molecule has 1 aliphatic carbocycles. The molecule has 2 N–H and O–H groups in total. The summed E-state index contributed by atoms with van der Waals surface area (Å²) in [6.07, 6.45) is 6.76. The van der Waals surface area contributed by atoms with Crippen molar-refractivity contribution in [3.63, 3.8) is 0 Å². The monoisotopic (exact) mass is 332 g/mol. The van der Waals surface area contributed by atoms with E-state index < -0.39 is 0 Å². The Morgan fingerprint density at radius 2 is 1.28 bits per heavy atom. The zero-order valence-corrected chi connectivity index (χ0v) is 14.8. The van der Waals surface area contributed by atoms with Crippen LogP contribution in [0.5, 0.6) is 0 Å². The summed E-state index contributed by atoms with van der Waals surface area (Å²) in [4.78, 5) is 12.9. The predicted molar refractivity (Wildman–Crippen MR) is 107 cm³/mol. The molecule has 1 aliphatic rings. The Morgan fingerprint density at radius 3 is 1.72 bits per heavy atom. The Kier molecular flexibility index (Phi) is 5.34. The van der Waals surface area contributed by atoms with E-state index in [4.69, 9.17) is 0 Å². The summed E-state index contributed by atoms with van der Waals surface area (Å²) >= 11 is 0. The van der Waals surface area contributed by atoms with Crippen molar-refractivity contribution < 1.29 is 4.79 Å². The summed E-state index contributed by atoms with van der Waals surface area (Å²) in [5.41, 5.74) is 6.03. The molecule has 128 valence electrons. The third-order valence-electron chi connectivity index (χ3n) is 4.51. The molecule has 0 radical (unpaired) electrons. The van der Waals surface area contributed by atoms with Crippen LogP contribution in [-0.2, 0) is 4.79 Å². The van der Waals surface area contributed by atoms with Crippen molar-refractivity contribution in [2.45, 2.75) is 19.3 Å². The van der Waals surface area contributed by atoms with E-state index in [1.54, 1.807) is 0 Å². The first-order valence-electron chi connectivity index (χ1n) is 8.71. The van der Waals surface area contributed by atoms with Crippen LogP contribution in [0, 0.1) is 0 Å².